The quantitative estimate of drug-likeness (QED) is 0.820. The van der Waals surface area contributed by atoms with Gasteiger partial charge in [0.05, 0.1) is 11.9 Å². The third-order valence-corrected chi connectivity index (χ3v) is 2.76. The minimum atomic E-state index is -3.36. The highest BCUT2D eigenvalue weighted by Gasteiger charge is 2.09. The van der Waals surface area contributed by atoms with Gasteiger partial charge in [-0.05, 0) is 23.6 Å². The van der Waals surface area contributed by atoms with E-state index in [0.29, 0.717) is 17.5 Å². The molecular weight excluding hydrogens is 226 g/mol. The van der Waals surface area contributed by atoms with E-state index in [-0.39, 0.29) is 5.92 Å². The van der Waals surface area contributed by atoms with Crippen LogP contribution in [0.4, 0.5) is 5.69 Å². The van der Waals surface area contributed by atoms with Crippen LogP contribution in [0.1, 0.15) is 35.7 Å². The van der Waals surface area contributed by atoms with E-state index in [9.17, 15) is 13.2 Å². The zero-order valence-electron chi connectivity index (χ0n) is 9.52. The SMILES string of the molecule is CC(C)c1ccc(C=O)c(NS(C)(=O)=O)c1. The molecule has 1 N–H and O–H groups in total. The Balaban J connectivity index is 3.22. The summed E-state index contributed by atoms with van der Waals surface area (Å²) in [6.45, 7) is 4.00. The Morgan fingerprint density at radius 1 is 1.31 bits per heavy atom. The Bertz CT molecular complexity index is 492. The summed E-state index contributed by atoms with van der Waals surface area (Å²) in [5.74, 6) is 0.279. The second-order valence-corrected chi connectivity index (χ2v) is 5.74. The number of hydrogen-bond donors (Lipinski definition) is 1. The molecule has 0 amide bonds. The van der Waals surface area contributed by atoms with Gasteiger partial charge in [-0.2, -0.15) is 0 Å². The summed E-state index contributed by atoms with van der Waals surface area (Å²) in [4.78, 5) is 10.8. The third kappa shape index (κ3) is 3.34. The fraction of sp³-hybridized carbons (Fsp3) is 0.364. The van der Waals surface area contributed by atoms with Gasteiger partial charge in [0, 0.05) is 5.56 Å². The molecule has 0 spiro atoms. The summed E-state index contributed by atoms with van der Waals surface area (Å²) in [5, 5.41) is 0. The Labute approximate surface area is 95.7 Å². The average molecular weight is 241 g/mol. The Hall–Kier alpha value is -1.36. The van der Waals surface area contributed by atoms with E-state index in [4.69, 9.17) is 0 Å². The van der Waals surface area contributed by atoms with Crippen molar-refractivity contribution in [2.75, 3.05) is 11.0 Å². The monoisotopic (exact) mass is 241 g/mol. The summed E-state index contributed by atoms with van der Waals surface area (Å²) in [6.07, 6.45) is 1.70. The number of nitrogens with one attached hydrogen (secondary N) is 1. The molecule has 0 fully saturated rings. The number of rotatable bonds is 4. The molecule has 0 heterocycles. The second-order valence-electron chi connectivity index (χ2n) is 3.99. The van der Waals surface area contributed by atoms with Crippen LogP contribution in [-0.4, -0.2) is 21.0 Å². The highest BCUT2D eigenvalue weighted by molar-refractivity contribution is 7.92. The van der Waals surface area contributed by atoms with E-state index in [2.05, 4.69) is 4.72 Å². The highest BCUT2D eigenvalue weighted by Crippen LogP contribution is 2.22. The average Bonchev–Trinajstić information content (AvgIpc) is 2.15. The fourth-order valence-electron chi connectivity index (χ4n) is 1.32. The van der Waals surface area contributed by atoms with Gasteiger partial charge in [0.2, 0.25) is 10.0 Å². The van der Waals surface area contributed by atoms with Crippen molar-refractivity contribution in [3.05, 3.63) is 29.3 Å². The number of aldehydes is 1. The predicted molar refractivity (Wildman–Crippen MR) is 64.4 cm³/mol. The van der Waals surface area contributed by atoms with Crippen LogP contribution in [0.25, 0.3) is 0 Å². The van der Waals surface area contributed by atoms with Crippen molar-refractivity contribution >= 4 is 22.0 Å². The van der Waals surface area contributed by atoms with Crippen molar-refractivity contribution in [1.82, 2.24) is 0 Å². The summed E-state index contributed by atoms with van der Waals surface area (Å²) >= 11 is 0. The van der Waals surface area contributed by atoms with Gasteiger partial charge in [0.15, 0.2) is 6.29 Å². The van der Waals surface area contributed by atoms with Gasteiger partial charge in [0.25, 0.3) is 0 Å². The van der Waals surface area contributed by atoms with Crippen molar-refractivity contribution in [1.29, 1.82) is 0 Å². The maximum Gasteiger partial charge on any atom is 0.229 e. The van der Waals surface area contributed by atoms with Gasteiger partial charge in [-0.25, -0.2) is 8.42 Å². The lowest BCUT2D eigenvalue weighted by atomic mass is 10.0. The predicted octanol–water partition coefficient (Wildman–Crippen LogP) is 1.99. The van der Waals surface area contributed by atoms with Gasteiger partial charge < -0.3 is 0 Å². The molecule has 16 heavy (non-hydrogen) atoms. The summed E-state index contributed by atoms with van der Waals surface area (Å²) in [5.41, 5.74) is 1.66. The van der Waals surface area contributed by atoms with Crippen LogP contribution in [0.2, 0.25) is 0 Å². The normalized spacial score (nSPS) is 11.5. The first-order valence-electron chi connectivity index (χ1n) is 4.90. The maximum atomic E-state index is 11.1. The van der Waals surface area contributed by atoms with Crippen LogP contribution in [0.5, 0.6) is 0 Å². The Morgan fingerprint density at radius 3 is 2.38 bits per heavy atom. The molecule has 0 aliphatic carbocycles. The molecule has 88 valence electrons. The van der Waals surface area contributed by atoms with Crippen molar-refractivity contribution in [3.8, 4) is 0 Å². The summed E-state index contributed by atoms with van der Waals surface area (Å²) < 4.78 is 24.6. The molecule has 0 saturated heterocycles. The van der Waals surface area contributed by atoms with E-state index in [1.165, 1.54) is 0 Å². The molecule has 1 aromatic rings. The molecule has 0 atom stereocenters. The van der Waals surface area contributed by atoms with Crippen LogP contribution in [0.15, 0.2) is 18.2 Å². The van der Waals surface area contributed by atoms with Gasteiger partial charge in [-0.3, -0.25) is 9.52 Å². The molecule has 0 unspecified atom stereocenters. The van der Waals surface area contributed by atoms with Crippen LogP contribution in [-0.2, 0) is 10.0 Å². The van der Waals surface area contributed by atoms with E-state index >= 15 is 0 Å². The Morgan fingerprint density at radius 2 is 1.94 bits per heavy atom. The summed E-state index contributed by atoms with van der Waals surface area (Å²) in [6, 6.07) is 5.13. The smallest absolute Gasteiger partial charge is 0.229 e. The largest absolute Gasteiger partial charge is 0.298 e. The first-order valence-corrected chi connectivity index (χ1v) is 6.79. The van der Waals surface area contributed by atoms with Gasteiger partial charge in [-0.15, -0.1) is 0 Å². The lowest BCUT2D eigenvalue weighted by Gasteiger charge is -2.11. The van der Waals surface area contributed by atoms with Gasteiger partial charge in [0.1, 0.15) is 0 Å². The maximum absolute atomic E-state index is 11.1. The van der Waals surface area contributed by atoms with Gasteiger partial charge in [-0.1, -0.05) is 19.9 Å². The zero-order chi connectivity index (χ0) is 12.3. The minimum Gasteiger partial charge on any atom is -0.298 e. The van der Waals surface area contributed by atoms with E-state index in [1.807, 2.05) is 19.9 Å². The number of carbonyl (C=O) groups is 1. The van der Waals surface area contributed by atoms with Crippen LogP contribution in [0, 0.1) is 0 Å². The Kier molecular flexibility index (Phi) is 3.70. The lowest BCUT2D eigenvalue weighted by Crippen LogP contribution is -2.11. The molecule has 0 radical (unpaired) electrons. The van der Waals surface area contributed by atoms with E-state index < -0.39 is 10.0 Å². The van der Waals surface area contributed by atoms with E-state index in [0.717, 1.165) is 11.8 Å². The van der Waals surface area contributed by atoms with E-state index in [1.54, 1.807) is 12.1 Å². The standard InChI is InChI=1S/C11H15NO3S/c1-8(2)9-4-5-10(7-13)11(6-9)12-16(3,14)15/h4-8,12H,1-3H3. The lowest BCUT2D eigenvalue weighted by molar-refractivity contribution is 0.112. The first-order chi connectivity index (χ1) is 7.33. The molecule has 0 aromatic heterocycles. The topological polar surface area (TPSA) is 63.2 Å². The van der Waals surface area contributed by atoms with Crippen molar-refractivity contribution in [3.63, 3.8) is 0 Å². The molecule has 4 nitrogen and oxygen atoms in total. The van der Waals surface area contributed by atoms with Gasteiger partial charge >= 0.3 is 0 Å². The van der Waals surface area contributed by atoms with Crippen molar-refractivity contribution < 1.29 is 13.2 Å². The van der Waals surface area contributed by atoms with Crippen molar-refractivity contribution in [2.45, 2.75) is 19.8 Å². The van der Waals surface area contributed by atoms with Crippen molar-refractivity contribution in [2.24, 2.45) is 0 Å². The van der Waals surface area contributed by atoms with Crippen LogP contribution >= 0.6 is 0 Å². The molecule has 1 rings (SSSR count). The molecule has 5 heteroatoms. The number of sulfonamides is 1. The number of carbonyl (C=O) groups excluding carboxylic acids is 1. The fourth-order valence-corrected chi connectivity index (χ4v) is 1.90. The number of hydrogen-bond acceptors (Lipinski definition) is 3. The molecule has 0 saturated carbocycles. The number of anilines is 1. The number of benzene rings is 1. The molecular formula is C11H15NO3S. The molecule has 0 bridgehead atoms. The van der Waals surface area contributed by atoms with Crippen LogP contribution in [0.3, 0.4) is 0 Å². The molecule has 1 aromatic carbocycles. The third-order valence-electron chi connectivity index (χ3n) is 2.17. The molecule has 0 aliphatic heterocycles. The minimum absolute atomic E-state index is 0.279. The van der Waals surface area contributed by atoms with Crippen LogP contribution < -0.4 is 4.72 Å². The second kappa shape index (κ2) is 4.65. The molecule has 0 aliphatic rings. The zero-order valence-corrected chi connectivity index (χ0v) is 10.3. The first kappa shape index (κ1) is 12.7. The highest BCUT2D eigenvalue weighted by atomic mass is 32.2. The summed E-state index contributed by atoms with van der Waals surface area (Å²) in [7, 11) is -3.36.